The number of hydrogen-bond acceptors (Lipinski definition) is 4. The number of rotatable bonds is 4. The number of H-pyrrole nitrogens is 1. The van der Waals surface area contributed by atoms with Gasteiger partial charge < -0.3 is 14.1 Å². The van der Waals surface area contributed by atoms with Crippen LogP contribution < -0.4 is 4.74 Å². The average molecular weight is 455 g/mol. The molecule has 28 heavy (non-hydrogen) atoms. The number of methoxy groups -OCH3 is 1. The van der Waals surface area contributed by atoms with Crippen molar-refractivity contribution in [3.8, 4) is 23.1 Å². The van der Waals surface area contributed by atoms with Crippen LogP contribution in [-0.4, -0.2) is 17.1 Å². The van der Waals surface area contributed by atoms with Crippen molar-refractivity contribution >= 4 is 50.2 Å². The molecule has 0 aliphatic heterocycles. The van der Waals surface area contributed by atoms with E-state index < -0.39 is 0 Å². The Morgan fingerprint density at radius 1 is 1.25 bits per heavy atom. The molecular weight excluding hydrogens is 442 g/mol. The lowest BCUT2D eigenvalue weighted by molar-refractivity contribution is 0.415. The molecule has 0 saturated heterocycles. The van der Waals surface area contributed by atoms with E-state index in [0.717, 1.165) is 21.1 Å². The Morgan fingerprint density at radius 3 is 2.86 bits per heavy atom. The fraction of sp³-hybridized carbons (Fsp3) is 0.0476. The molecule has 0 aliphatic rings. The first-order chi connectivity index (χ1) is 13.6. The van der Waals surface area contributed by atoms with Crippen molar-refractivity contribution in [2.24, 2.45) is 0 Å². The summed E-state index contributed by atoms with van der Waals surface area (Å²) in [6.45, 7) is 0. The predicted octanol–water partition coefficient (Wildman–Crippen LogP) is 6.31. The topological polar surface area (TPSA) is 74.8 Å². The van der Waals surface area contributed by atoms with Gasteiger partial charge in [0.2, 0.25) is 0 Å². The van der Waals surface area contributed by atoms with Crippen molar-refractivity contribution in [2.45, 2.75) is 0 Å². The fourth-order valence-corrected chi connectivity index (χ4v) is 3.20. The number of aromatic nitrogens is 2. The quantitative estimate of drug-likeness (QED) is 0.367. The van der Waals surface area contributed by atoms with Crippen LogP contribution in [0.1, 0.15) is 11.6 Å². The number of halogens is 2. The molecule has 0 bridgehead atoms. The number of hydrogen-bond donors (Lipinski definition) is 1. The molecule has 2 aromatic carbocycles. The van der Waals surface area contributed by atoms with E-state index in [2.05, 4.69) is 32.0 Å². The second-order valence-corrected chi connectivity index (χ2v) is 7.23. The standard InChI is InChI=1S/C21H13BrClN3O2/c1-27-14-3-6-18-19(10-14)26-21(25-18)13(11-24)8-15-4-7-20(28-15)12-2-5-16(22)17(23)9-12/h2-10H,1H3,(H,25,26)/b13-8-. The molecule has 7 heteroatoms. The van der Waals surface area contributed by atoms with Gasteiger partial charge in [-0.15, -0.1) is 0 Å². The molecule has 0 fully saturated rings. The van der Waals surface area contributed by atoms with Crippen LogP contribution in [-0.2, 0) is 0 Å². The third-order valence-electron chi connectivity index (χ3n) is 4.18. The number of nitriles is 1. The minimum Gasteiger partial charge on any atom is -0.497 e. The first-order valence-corrected chi connectivity index (χ1v) is 9.45. The Balaban J connectivity index is 1.68. The molecule has 4 aromatic rings. The van der Waals surface area contributed by atoms with Crippen LogP contribution in [0.4, 0.5) is 0 Å². The number of allylic oxidation sites excluding steroid dienone is 1. The Hall–Kier alpha value is -3.01. The van der Waals surface area contributed by atoms with E-state index in [9.17, 15) is 5.26 Å². The van der Waals surface area contributed by atoms with Gasteiger partial charge in [0.25, 0.3) is 0 Å². The van der Waals surface area contributed by atoms with E-state index in [1.165, 1.54) is 0 Å². The van der Waals surface area contributed by atoms with Gasteiger partial charge in [-0.3, -0.25) is 0 Å². The van der Waals surface area contributed by atoms with Crippen LogP contribution in [0.25, 0.3) is 34.0 Å². The Labute approximate surface area is 174 Å². The molecule has 0 radical (unpaired) electrons. The minimum absolute atomic E-state index is 0.366. The van der Waals surface area contributed by atoms with Crippen molar-refractivity contribution in [3.63, 3.8) is 0 Å². The molecule has 0 amide bonds. The highest BCUT2D eigenvalue weighted by Gasteiger charge is 2.11. The third kappa shape index (κ3) is 3.55. The zero-order valence-corrected chi connectivity index (χ0v) is 17.0. The number of benzene rings is 2. The molecule has 138 valence electrons. The van der Waals surface area contributed by atoms with E-state index in [1.54, 1.807) is 19.3 Å². The van der Waals surface area contributed by atoms with Gasteiger partial charge in [-0.05, 0) is 52.3 Å². The molecule has 1 N–H and O–H groups in total. The highest BCUT2D eigenvalue weighted by atomic mass is 79.9. The lowest BCUT2D eigenvalue weighted by Gasteiger charge is -2.00. The lowest BCUT2D eigenvalue weighted by atomic mass is 10.2. The number of nitrogens with zero attached hydrogens (tertiary/aromatic N) is 2. The smallest absolute Gasteiger partial charge is 0.149 e. The van der Waals surface area contributed by atoms with Crippen molar-refractivity contribution in [1.82, 2.24) is 9.97 Å². The van der Waals surface area contributed by atoms with E-state index in [-0.39, 0.29) is 0 Å². The van der Waals surface area contributed by atoms with Crippen molar-refractivity contribution < 1.29 is 9.15 Å². The van der Waals surface area contributed by atoms with Crippen molar-refractivity contribution in [1.29, 1.82) is 5.26 Å². The van der Waals surface area contributed by atoms with Gasteiger partial charge in [0.15, 0.2) is 0 Å². The van der Waals surface area contributed by atoms with Crippen molar-refractivity contribution in [3.05, 3.63) is 69.6 Å². The fourth-order valence-electron chi connectivity index (χ4n) is 2.77. The maximum absolute atomic E-state index is 9.59. The molecule has 4 rings (SSSR count). The zero-order valence-electron chi connectivity index (χ0n) is 14.7. The highest BCUT2D eigenvalue weighted by Crippen LogP contribution is 2.31. The second-order valence-electron chi connectivity index (χ2n) is 5.97. The van der Waals surface area contributed by atoms with Crippen LogP contribution in [0.5, 0.6) is 5.75 Å². The van der Waals surface area contributed by atoms with Crippen LogP contribution in [0.2, 0.25) is 5.02 Å². The predicted molar refractivity (Wildman–Crippen MR) is 113 cm³/mol. The van der Waals surface area contributed by atoms with Crippen LogP contribution >= 0.6 is 27.5 Å². The molecule has 5 nitrogen and oxygen atoms in total. The first-order valence-electron chi connectivity index (χ1n) is 8.28. The van der Waals surface area contributed by atoms with Crippen molar-refractivity contribution in [2.75, 3.05) is 7.11 Å². The molecule has 0 unspecified atom stereocenters. The summed E-state index contributed by atoms with van der Waals surface area (Å²) in [5, 5.41) is 10.2. The van der Waals surface area contributed by atoms with Gasteiger partial charge in [-0.2, -0.15) is 5.26 Å². The van der Waals surface area contributed by atoms with Crippen LogP contribution in [0.3, 0.4) is 0 Å². The molecule has 0 saturated carbocycles. The van der Waals surface area contributed by atoms with Crippen LogP contribution in [0, 0.1) is 11.3 Å². The van der Waals surface area contributed by atoms with E-state index in [0.29, 0.717) is 33.7 Å². The van der Waals surface area contributed by atoms with Gasteiger partial charge in [-0.1, -0.05) is 17.7 Å². The summed E-state index contributed by atoms with van der Waals surface area (Å²) >= 11 is 9.52. The van der Waals surface area contributed by atoms with E-state index in [1.807, 2.05) is 42.5 Å². The SMILES string of the molecule is COc1ccc2nc(/C(C#N)=C\c3ccc(-c4ccc(Br)c(Cl)c4)o3)[nH]c2c1. The molecule has 0 spiro atoms. The second kappa shape index (κ2) is 7.55. The average Bonchev–Trinajstić information content (AvgIpc) is 3.34. The number of aromatic amines is 1. The summed E-state index contributed by atoms with van der Waals surface area (Å²) in [6.07, 6.45) is 1.65. The summed E-state index contributed by atoms with van der Waals surface area (Å²) in [5.41, 5.74) is 2.76. The zero-order chi connectivity index (χ0) is 19.7. The monoisotopic (exact) mass is 453 g/mol. The van der Waals surface area contributed by atoms with Gasteiger partial charge in [0.1, 0.15) is 29.2 Å². The molecule has 0 atom stereocenters. The van der Waals surface area contributed by atoms with Gasteiger partial charge in [-0.25, -0.2) is 4.98 Å². The first kappa shape index (κ1) is 18.4. The minimum atomic E-state index is 0.366. The number of imidazole rings is 1. The number of nitrogens with one attached hydrogen (secondary N) is 1. The normalized spacial score (nSPS) is 11.6. The number of fused-ring (bicyclic) bond motifs is 1. The third-order valence-corrected chi connectivity index (χ3v) is 5.41. The van der Waals surface area contributed by atoms with Gasteiger partial charge >= 0.3 is 0 Å². The number of ether oxygens (including phenoxy) is 1. The largest absolute Gasteiger partial charge is 0.497 e. The summed E-state index contributed by atoms with van der Waals surface area (Å²) < 4.78 is 11.9. The summed E-state index contributed by atoms with van der Waals surface area (Å²) in [6, 6.07) is 16.9. The van der Waals surface area contributed by atoms with Crippen LogP contribution in [0.15, 0.2) is 57.4 Å². The maximum Gasteiger partial charge on any atom is 0.149 e. The lowest BCUT2D eigenvalue weighted by Crippen LogP contribution is -1.84. The number of furan rings is 1. The summed E-state index contributed by atoms with van der Waals surface area (Å²) in [5.74, 6) is 2.39. The molecular formula is C21H13BrClN3O2. The Morgan fingerprint density at radius 2 is 2.11 bits per heavy atom. The summed E-state index contributed by atoms with van der Waals surface area (Å²) in [4.78, 5) is 7.62. The molecule has 2 heterocycles. The molecule has 0 aliphatic carbocycles. The van der Waals surface area contributed by atoms with Gasteiger partial charge in [0, 0.05) is 22.2 Å². The Kier molecular flexibility index (Phi) is 4.95. The van der Waals surface area contributed by atoms with E-state index in [4.69, 9.17) is 20.8 Å². The maximum atomic E-state index is 9.59. The van der Waals surface area contributed by atoms with Gasteiger partial charge in [0.05, 0.1) is 28.7 Å². The van der Waals surface area contributed by atoms with E-state index >= 15 is 0 Å². The highest BCUT2D eigenvalue weighted by molar-refractivity contribution is 9.10. The Bertz CT molecular complexity index is 1250. The summed E-state index contributed by atoms with van der Waals surface area (Å²) in [7, 11) is 1.60. The molecule has 2 aromatic heterocycles.